The first-order chi connectivity index (χ1) is 8.22. The first-order valence-corrected chi connectivity index (χ1v) is 6.18. The third-order valence-electron chi connectivity index (χ3n) is 3.38. The summed E-state index contributed by atoms with van der Waals surface area (Å²) >= 11 is 5.82. The summed E-state index contributed by atoms with van der Waals surface area (Å²) in [7, 11) is 0. The highest BCUT2D eigenvalue weighted by Crippen LogP contribution is 2.34. The van der Waals surface area contributed by atoms with E-state index in [9.17, 15) is 4.79 Å². The molecule has 0 aromatic carbocycles. The highest BCUT2D eigenvalue weighted by atomic mass is 35.5. The van der Waals surface area contributed by atoms with E-state index in [0.29, 0.717) is 16.8 Å². The molecule has 0 aliphatic carbocycles. The van der Waals surface area contributed by atoms with Gasteiger partial charge >= 0.3 is 0 Å². The van der Waals surface area contributed by atoms with Crippen LogP contribution in [0.25, 0.3) is 0 Å². The molecule has 3 atom stereocenters. The smallest absolute Gasteiger partial charge is 0.270 e. The zero-order valence-electron chi connectivity index (χ0n) is 9.23. The summed E-state index contributed by atoms with van der Waals surface area (Å²) in [5, 5.41) is 3.49. The highest BCUT2D eigenvalue weighted by Gasteiger charge is 2.41. The van der Waals surface area contributed by atoms with E-state index in [1.165, 1.54) is 6.20 Å². The van der Waals surface area contributed by atoms with E-state index in [4.69, 9.17) is 16.3 Å². The van der Waals surface area contributed by atoms with Crippen molar-refractivity contribution in [2.24, 2.45) is 0 Å². The van der Waals surface area contributed by atoms with Crippen molar-refractivity contribution in [1.29, 1.82) is 0 Å². The Bertz CT molecular complexity index is 452. The van der Waals surface area contributed by atoms with Gasteiger partial charge in [0.2, 0.25) is 0 Å². The van der Waals surface area contributed by atoms with E-state index in [1.54, 1.807) is 12.1 Å². The number of carbonyl (C=O) groups is 1. The fraction of sp³-hybridized carbons (Fsp3) is 0.500. The van der Waals surface area contributed by atoms with Crippen LogP contribution in [0.4, 0.5) is 0 Å². The average molecular weight is 253 g/mol. The van der Waals surface area contributed by atoms with Crippen molar-refractivity contribution in [3.63, 3.8) is 0 Å². The van der Waals surface area contributed by atoms with Gasteiger partial charge in [0, 0.05) is 11.2 Å². The maximum absolute atomic E-state index is 11.9. The first kappa shape index (κ1) is 11.0. The topological polar surface area (TPSA) is 51.2 Å². The van der Waals surface area contributed by atoms with Gasteiger partial charge in [0.05, 0.1) is 18.2 Å². The van der Waals surface area contributed by atoms with Crippen molar-refractivity contribution in [2.75, 3.05) is 0 Å². The average Bonchev–Trinajstić information content (AvgIpc) is 2.91. The molecule has 5 heteroatoms. The molecule has 2 fully saturated rings. The van der Waals surface area contributed by atoms with Gasteiger partial charge in [0.15, 0.2) is 0 Å². The van der Waals surface area contributed by atoms with E-state index in [1.807, 2.05) is 0 Å². The lowest BCUT2D eigenvalue weighted by Gasteiger charge is -2.19. The van der Waals surface area contributed by atoms with Crippen LogP contribution in [-0.4, -0.2) is 29.1 Å². The predicted octanol–water partition coefficient (Wildman–Crippen LogP) is 1.78. The zero-order chi connectivity index (χ0) is 11.8. The molecule has 0 spiro atoms. The molecule has 90 valence electrons. The molecular formula is C12H13ClN2O2. The van der Waals surface area contributed by atoms with E-state index < -0.39 is 0 Å². The van der Waals surface area contributed by atoms with E-state index in [-0.39, 0.29) is 18.1 Å². The minimum Gasteiger partial charge on any atom is -0.373 e. The van der Waals surface area contributed by atoms with Crippen LogP contribution in [0.1, 0.15) is 29.8 Å². The standard InChI is InChI=1S/C12H13ClN2O2/c13-7-3-4-14-10(5-7)12(16)15-9-6-8-1-2-11(9)17-8/h3-5,8-9,11H,1-2,6H2,(H,15,16). The SMILES string of the molecule is O=C(NC1CC2CCC1O2)c1cc(Cl)ccn1. The summed E-state index contributed by atoms with van der Waals surface area (Å²) < 4.78 is 5.68. The number of pyridine rings is 1. The zero-order valence-corrected chi connectivity index (χ0v) is 9.98. The van der Waals surface area contributed by atoms with Gasteiger partial charge in [-0.1, -0.05) is 11.6 Å². The van der Waals surface area contributed by atoms with Crippen molar-refractivity contribution in [2.45, 2.75) is 37.5 Å². The Hall–Kier alpha value is -1.13. The monoisotopic (exact) mass is 252 g/mol. The van der Waals surface area contributed by atoms with E-state index >= 15 is 0 Å². The Morgan fingerprint density at radius 1 is 1.53 bits per heavy atom. The Balaban J connectivity index is 1.68. The number of hydrogen-bond donors (Lipinski definition) is 1. The van der Waals surface area contributed by atoms with Gasteiger partial charge in [-0.05, 0) is 31.4 Å². The second kappa shape index (κ2) is 4.27. The maximum atomic E-state index is 11.9. The Morgan fingerprint density at radius 2 is 2.41 bits per heavy atom. The van der Waals surface area contributed by atoms with Crippen LogP contribution in [0.5, 0.6) is 0 Å². The fourth-order valence-corrected chi connectivity index (χ4v) is 2.72. The molecule has 4 nitrogen and oxygen atoms in total. The number of nitrogens with one attached hydrogen (secondary N) is 1. The Kier molecular flexibility index (Phi) is 2.76. The van der Waals surface area contributed by atoms with Crippen molar-refractivity contribution in [3.05, 3.63) is 29.0 Å². The first-order valence-electron chi connectivity index (χ1n) is 5.80. The lowest BCUT2D eigenvalue weighted by atomic mass is 9.95. The van der Waals surface area contributed by atoms with Crippen LogP contribution >= 0.6 is 11.6 Å². The minimum absolute atomic E-state index is 0.127. The number of carbonyl (C=O) groups excluding carboxylic acids is 1. The molecular weight excluding hydrogens is 240 g/mol. The summed E-state index contributed by atoms with van der Waals surface area (Å²) in [5.74, 6) is -0.173. The number of rotatable bonds is 2. The number of ether oxygens (including phenoxy) is 1. The lowest BCUT2D eigenvalue weighted by molar-refractivity contribution is 0.0837. The molecule has 1 amide bonds. The van der Waals surface area contributed by atoms with Crippen LogP contribution < -0.4 is 5.32 Å². The normalized spacial score (nSPS) is 30.5. The van der Waals surface area contributed by atoms with Crippen LogP contribution in [0.15, 0.2) is 18.3 Å². The number of amides is 1. The molecule has 2 aliphatic heterocycles. The largest absolute Gasteiger partial charge is 0.373 e. The Labute approximate surface area is 104 Å². The van der Waals surface area contributed by atoms with Crippen LogP contribution in [0.2, 0.25) is 5.02 Å². The molecule has 1 N–H and O–H groups in total. The molecule has 1 aromatic rings. The molecule has 0 saturated carbocycles. The fourth-order valence-electron chi connectivity index (χ4n) is 2.56. The Morgan fingerprint density at radius 3 is 3.06 bits per heavy atom. The van der Waals surface area contributed by atoms with Crippen molar-refractivity contribution in [1.82, 2.24) is 10.3 Å². The molecule has 0 radical (unpaired) electrons. The summed E-state index contributed by atoms with van der Waals surface area (Å²) in [6.07, 6.45) is 5.12. The molecule has 2 bridgehead atoms. The number of hydrogen-bond acceptors (Lipinski definition) is 3. The molecule has 1 aromatic heterocycles. The van der Waals surface area contributed by atoms with Crippen molar-refractivity contribution in [3.8, 4) is 0 Å². The molecule has 3 unspecified atom stereocenters. The predicted molar refractivity (Wildman–Crippen MR) is 63.0 cm³/mol. The van der Waals surface area contributed by atoms with E-state index in [2.05, 4.69) is 10.3 Å². The maximum Gasteiger partial charge on any atom is 0.270 e. The van der Waals surface area contributed by atoms with Gasteiger partial charge in [-0.15, -0.1) is 0 Å². The number of halogens is 1. The van der Waals surface area contributed by atoms with Gasteiger partial charge in [0.1, 0.15) is 5.69 Å². The number of nitrogens with zero attached hydrogens (tertiary/aromatic N) is 1. The highest BCUT2D eigenvalue weighted by molar-refractivity contribution is 6.30. The van der Waals surface area contributed by atoms with Gasteiger partial charge < -0.3 is 10.1 Å². The third-order valence-corrected chi connectivity index (χ3v) is 3.61. The summed E-state index contributed by atoms with van der Waals surface area (Å²) in [6.45, 7) is 0. The van der Waals surface area contributed by atoms with Crippen LogP contribution in [-0.2, 0) is 4.74 Å². The molecule has 3 rings (SSSR count). The second-order valence-electron chi connectivity index (χ2n) is 4.55. The summed E-state index contributed by atoms with van der Waals surface area (Å²) in [5.41, 5.74) is 0.361. The van der Waals surface area contributed by atoms with Crippen molar-refractivity contribution < 1.29 is 9.53 Å². The molecule has 2 saturated heterocycles. The van der Waals surface area contributed by atoms with Gasteiger partial charge in [-0.2, -0.15) is 0 Å². The van der Waals surface area contributed by atoms with Crippen LogP contribution in [0, 0.1) is 0 Å². The molecule has 17 heavy (non-hydrogen) atoms. The lowest BCUT2D eigenvalue weighted by Crippen LogP contribution is -2.41. The molecule has 3 heterocycles. The van der Waals surface area contributed by atoms with Crippen LogP contribution in [0.3, 0.4) is 0 Å². The van der Waals surface area contributed by atoms with Gasteiger partial charge in [-0.25, -0.2) is 0 Å². The number of fused-ring (bicyclic) bond motifs is 2. The van der Waals surface area contributed by atoms with E-state index in [0.717, 1.165) is 19.3 Å². The summed E-state index contributed by atoms with van der Waals surface area (Å²) in [6, 6.07) is 3.35. The third kappa shape index (κ3) is 2.15. The van der Waals surface area contributed by atoms with Gasteiger partial charge in [0.25, 0.3) is 5.91 Å². The van der Waals surface area contributed by atoms with Crippen molar-refractivity contribution >= 4 is 17.5 Å². The molecule has 2 aliphatic rings. The van der Waals surface area contributed by atoms with Gasteiger partial charge in [-0.3, -0.25) is 9.78 Å². The second-order valence-corrected chi connectivity index (χ2v) is 4.99. The minimum atomic E-state index is -0.173. The summed E-state index contributed by atoms with van der Waals surface area (Å²) in [4.78, 5) is 15.9. The number of aromatic nitrogens is 1. The quantitative estimate of drug-likeness (QED) is 0.873.